The maximum absolute atomic E-state index is 12.0. The van der Waals surface area contributed by atoms with Crippen LogP contribution in [-0.2, 0) is 4.74 Å². The van der Waals surface area contributed by atoms with E-state index >= 15 is 0 Å². The molecule has 5 nitrogen and oxygen atoms in total. The summed E-state index contributed by atoms with van der Waals surface area (Å²) in [4.78, 5) is 12.0. The van der Waals surface area contributed by atoms with Crippen LogP contribution in [0.3, 0.4) is 0 Å². The topological polar surface area (TPSA) is 56.8 Å². The lowest BCUT2D eigenvalue weighted by Crippen LogP contribution is -2.31. The Morgan fingerprint density at radius 2 is 2.16 bits per heavy atom. The molecule has 0 saturated carbocycles. The summed E-state index contributed by atoms with van der Waals surface area (Å²) < 4.78 is 15.8. The lowest BCUT2D eigenvalue weighted by molar-refractivity contribution is 0.0857. The third-order valence-corrected chi connectivity index (χ3v) is 3.16. The molecular formula is C14H19NO4. The summed E-state index contributed by atoms with van der Waals surface area (Å²) in [7, 11) is 3.11. The molecule has 1 aromatic rings. The average Bonchev–Trinajstić information content (AvgIpc) is 2.97. The van der Waals surface area contributed by atoms with Crippen molar-refractivity contribution >= 4 is 5.91 Å². The third kappa shape index (κ3) is 3.38. The molecule has 1 aliphatic heterocycles. The smallest absolute Gasteiger partial charge is 0.251 e. The number of ether oxygens (including phenoxy) is 3. The predicted octanol–water partition coefficient (Wildman–Crippen LogP) is 1.61. The standard InChI is InChI=1S/C14H19NO4/c1-17-12-6-5-10(8-13(12)18-2)14(16)15-9-11-4-3-7-19-11/h5-6,8,11H,3-4,7,9H2,1-2H3,(H,15,16)/t11-/m1/s1. The van der Waals surface area contributed by atoms with Gasteiger partial charge in [0.05, 0.1) is 20.3 Å². The van der Waals surface area contributed by atoms with Crippen LogP contribution < -0.4 is 14.8 Å². The zero-order valence-corrected chi connectivity index (χ0v) is 11.3. The van der Waals surface area contributed by atoms with E-state index in [1.807, 2.05) is 0 Å². The van der Waals surface area contributed by atoms with Crippen LogP contribution in [0, 0.1) is 0 Å². The Labute approximate surface area is 112 Å². The Balaban J connectivity index is 1.98. The van der Waals surface area contributed by atoms with Gasteiger partial charge in [0, 0.05) is 18.7 Å². The molecule has 1 heterocycles. The van der Waals surface area contributed by atoms with E-state index in [1.54, 1.807) is 32.4 Å². The Morgan fingerprint density at radius 1 is 1.37 bits per heavy atom. The fourth-order valence-corrected chi connectivity index (χ4v) is 2.09. The summed E-state index contributed by atoms with van der Waals surface area (Å²) in [5.41, 5.74) is 0.552. The van der Waals surface area contributed by atoms with Crippen molar-refractivity contribution in [1.82, 2.24) is 5.32 Å². The third-order valence-electron chi connectivity index (χ3n) is 3.16. The van der Waals surface area contributed by atoms with Gasteiger partial charge in [0.2, 0.25) is 0 Å². The molecule has 0 aliphatic carbocycles. The molecule has 0 bridgehead atoms. The Bertz CT molecular complexity index is 441. The van der Waals surface area contributed by atoms with Gasteiger partial charge in [-0.3, -0.25) is 4.79 Å². The lowest BCUT2D eigenvalue weighted by atomic mass is 10.1. The molecule has 2 rings (SSSR count). The van der Waals surface area contributed by atoms with Crippen molar-refractivity contribution in [2.75, 3.05) is 27.4 Å². The first kappa shape index (κ1) is 13.7. The number of rotatable bonds is 5. The lowest BCUT2D eigenvalue weighted by Gasteiger charge is -2.12. The molecule has 1 fully saturated rings. The Hall–Kier alpha value is -1.75. The molecule has 1 N–H and O–H groups in total. The summed E-state index contributed by atoms with van der Waals surface area (Å²) in [6.45, 7) is 1.34. The fourth-order valence-electron chi connectivity index (χ4n) is 2.09. The van der Waals surface area contributed by atoms with Crippen LogP contribution in [0.15, 0.2) is 18.2 Å². The number of nitrogens with one attached hydrogen (secondary N) is 1. The highest BCUT2D eigenvalue weighted by Crippen LogP contribution is 2.27. The normalized spacial score (nSPS) is 18.1. The minimum atomic E-state index is -0.128. The molecular weight excluding hydrogens is 246 g/mol. The van der Waals surface area contributed by atoms with Gasteiger partial charge in [-0.25, -0.2) is 0 Å². The van der Waals surface area contributed by atoms with Gasteiger partial charge in [0.1, 0.15) is 0 Å². The summed E-state index contributed by atoms with van der Waals surface area (Å²) in [5, 5.41) is 2.87. The van der Waals surface area contributed by atoms with Gasteiger partial charge in [-0.1, -0.05) is 0 Å². The highest BCUT2D eigenvalue weighted by Gasteiger charge is 2.17. The summed E-state index contributed by atoms with van der Waals surface area (Å²) in [6.07, 6.45) is 2.22. The van der Waals surface area contributed by atoms with Gasteiger partial charge in [-0.15, -0.1) is 0 Å². The van der Waals surface area contributed by atoms with Crippen molar-refractivity contribution in [2.45, 2.75) is 18.9 Å². The van der Waals surface area contributed by atoms with Crippen LogP contribution in [0.2, 0.25) is 0 Å². The molecule has 19 heavy (non-hydrogen) atoms. The maximum atomic E-state index is 12.0. The van der Waals surface area contributed by atoms with Gasteiger partial charge < -0.3 is 19.5 Å². The number of carbonyl (C=O) groups excluding carboxylic acids is 1. The summed E-state index contributed by atoms with van der Waals surface area (Å²) in [6, 6.07) is 5.11. The molecule has 1 amide bonds. The van der Waals surface area contributed by atoms with E-state index in [-0.39, 0.29) is 12.0 Å². The Morgan fingerprint density at radius 3 is 2.79 bits per heavy atom. The van der Waals surface area contributed by atoms with Gasteiger partial charge in [-0.05, 0) is 31.0 Å². The second kappa shape index (κ2) is 6.43. The van der Waals surface area contributed by atoms with E-state index < -0.39 is 0 Å². The van der Waals surface area contributed by atoms with Gasteiger partial charge in [0.25, 0.3) is 5.91 Å². The molecule has 1 atom stereocenters. The zero-order chi connectivity index (χ0) is 13.7. The molecule has 1 aromatic carbocycles. The first-order chi connectivity index (χ1) is 9.24. The van der Waals surface area contributed by atoms with E-state index in [1.165, 1.54) is 0 Å². The van der Waals surface area contributed by atoms with E-state index in [4.69, 9.17) is 14.2 Å². The summed E-state index contributed by atoms with van der Waals surface area (Å²) in [5.74, 6) is 1.03. The fraction of sp³-hybridized carbons (Fsp3) is 0.500. The van der Waals surface area contributed by atoms with Crippen LogP contribution in [0.1, 0.15) is 23.2 Å². The monoisotopic (exact) mass is 265 g/mol. The number of methoxy groups -OCH3 is 2. The van der Waals surface area contributed by atoms with E-state index in [2.05, 4.69) is 5.32 Å². The van der Waals surface area contributed by atoms with Crippen molar-refractivity contribution in [3.63, 3.8) is 0 Å². The van der Waals surface area contributed by atoms with Gasteiger partial charge in [0.15, 0.2) is 11.5 Å². The zero-order valence-electron chi connectivity index (χ0n) is 11.3. The van der Waals surface area contributed by atoms with Crippen LogP contribution in [-0.4, -0.2) is 39.4 Å². The quantitative estimate of drug-likeness (QED) is 0.878. The number of benzene rings is 1. The molecule has 104 valence electrons. The molecule has 0 spiro atoms. The van der Waals surface area contributed by atoms with Crippen molar-refractivity contribution in [2.24, 2.45) is 0 Å². The minimum absolute atomic E-state index is 0.128. The van der Waals surface area contributed by atoms with E-state index in [0.29, 0.717) is 23.6 Å². The first-order valence-corrected chi connectivity index (χ1v) is 6.36. The molecule has 0 aromatic heterocycles. The van der Waals surface area contributed by atoms with Crippen molar-refractivity contribution < 1.29 is 19.0 Å². The van der Waals surface area contributed by atoms with Gasteiger partial charge >= 0.3 is 0 Å². The SMILES string of the molecule is COc1ccc(C(=O)NC[C@H]2CCCO2)cc1OC. The second-order valence-electron chi connectivity index (χ2n) is 4.41. The van der Waals surface area contributed by atoms with Gasteiger partial charge in [-0.2, -0.15) is 0 Å². The number of carbonyl (C=O) groups is 1. The molecule has 5 heteroatoms. The minimum Gasteiger partial charge on any atom is -0.493 e. The van der Waals surface area contributed by atoms with E-state index in [0.717, 1.165) is 19.4 Å². The number of amides is 1. The molecule has 0 unspecified atom stereocenters. The number of hydrogen-bond donors (Lipinski definition) is 1. The molecule has 1 saturated heterocycles. The second-order valence-corrected chi connectivity index (χ2v) is 4.41. The van der Waals surface area contributed by atoms with Crippen LogP contribution in [0.4, 0.5) is 0 Å². The average molecular weight is 265 g/mol. The van der Waals surface area contributed by atoms with E-state index in [9.17, 15) is 4.79 Å². The Kier molecular flexibility index (Phi) is 4.63. The largest absolute Gasteiger partial charge is 0.493 e. The van der Waals surface area contributed by atoms with Crippen LogP contribution in [0.25, 0.3) is 0 Å². The predicted molar refractivity (Wildman–Crippen MR) is 70.9 cm³/mol. The molecule has 1 aliphatic rings. The molecule has 0 radical (unpaired) electrons. The highest BCUT2D eigenvalue weighted by molar-refractivity contribution is 5.94. The van der Waals surface area contributed by atoms with Crippen molar-refractivity contribution in [3.05, 3.63) is 23.8 Å². The first-order valence-electron chi connectivity index (χ1n) is 6.36. The maximum Gasteiger partial charge on any atom is 0.251 e. The van der Waals surface area contributed by atoms with Crippen LogP contribution in [0.5, 0.6) is 11.5 Å². The highest BCUT2D eigenvalue weighted by atomic mass is 16.5. The number of hydrogen-bond acceptors (Lipinski definition) is 4. The van der Waals surface area contributed by atoms with Crippen LogP contribution >= 0.6 is 0 Å². The van der Waals surface area contributed by atoms with Crippen molar-refractivity contribution in [1.29, 1.82) is 0 Å². The summed E-state index contributed by atoms with van der Waals surface area (Å²) >= 11 is 0. The van der Waals surface area contributed by atoms with Crippen molar-refractivity contribution in [3.8, 4) is 11.5 Å².